The minimum atomic E-state index is -3.14. The highest BCUT2D eigenvalue weighted by atomic mass is 28.4. The van der Waals surface area contributed by atoms with Crippen LogP contribution >= 0.6 is 0 Å². The number of nitrogens with two attached hydrogens (primary N) is 1. The highest BCUT2D eigenvalue weighted by Gasteiger charge is 2.45. The fourth-order valence-electron chi connectivity index (χ4n) is 1.78. The van der Waals surface area contributed by atoms with Gasteiger partial charge in [0.1, 0.15) is 6.04 Å². The van der Waals surface area contributed by atoms with Crippen molar-refractivity contribution in [3.05, 3.63) is 0 Å². The van der Waals surface area contributed by atoms with Gasteiger partial charge in [-0.3, -0.25) is 9.78 Å². The standard InChI is InChI=1S/C12H28N2O5Si/c1-4-17-20(18-5-2,19-6-3)14-11(12(15)16)9-7-8-10-13/h11,14H,4-10,13H2,1-3H3,(H,15,16). The second kappa shape index (κ2) is 11.2. The molecule has 7 nitrogen and oxygen atoms in total. The van der Waals surface area contributed by atoms with Crippen LogP contribution in [0, 0.1) is 0 Å². The lowest BCUT2D eigenvalue weighted by Gasteiger charge is -2.31. The lowest BCUT2D eigenvalue weighted by atomic mass is 10.1. The van der Waals surface area contributed by atoms with E-state index in [0.717, 1.165) is 12.8 Å². The summed E-state index contributed by atoms with van der Waals surface area (Å²) < 4.78 is 16.8. The molecule has 0 radical (unpaired) electrons. The molecular weight excluding hydrogens is 280 g/mol. The Hall–Kier alpha value is -0.513. The van der Waals surface area contributed by atoms with Crippen LogP contribution in [0.15, 0.2) is 0 Å². The monoisotopic (exact) mass is 308 g/mol. The number of carboxylic acid groups (broad SMARTS) is 1. The minimum Gasteiger partial charge on any atom is -0.480 e. The Morgan fingerprint density at radius 1 is 1.15 bits per heavy atom. The van der Waals surface area contributed by atoms with Crippen LogP contribution in [-0.2, 0) is 18.1 Å². The summed E-state index contributed by atoms with van der Waals surface area (Å²) in [7, 11) is -3.14. The van der Waals surface area contributed by atoms with Crippen molar-refractivity contribution in [2.45, 2.75) is 46.1 Å². The van der Waals surface area contributed by atoms with Gasteiger partial charge in [-0.15, -0.1) is 0 Å². The van der Waals surface area contributed by atoms with Crippen molar-refractivity contribution in [2.75, 3.05) is 26.4 Å². The highest BCUT2D eigenvalue weighted by molar-refractivity contribution is 6.58. The molecule has 0 heterocycles. The van der Waals surface area contributed by atoms with E-state index in [1.165, 1.54) is 0 Å². The van der Waals surface area contributed by atoms with Gasteiger partial charge < -0.3 is 24.1 Å². The Balaban J connectivity index is 4.79. The van der Waals surface area contributed by atoms with Crippen molar-refractivity contribution in [1.82, 2.24) is 4.98 Å². The maximum absolute atomic E-state index is 11.3. The number of rotatable bonds is 13. The number of hydrogen-bond donors (Lipinski definition) is 3. The second-order valence-electron chi connectivity index (χ2n) is 4.17. The fourth-order valence-corrected chi connectivity index (χ4v) is 4.12. The van der Waals surface area contributed by atoms with Crippen LogP contribution in [0.25, 0.3) is 0 Å². The molecule has 0 aromatic rings. The first-order chi connectivity index (χ1) is 9.55. The van der Waals surface area contributed by atoms with Crippen molar-refractivity contribution in [3.8, 4) is 0 Å². The molecule has 4 N–H and O–H groups in total. The Bertz CT molecular complexity index is 251. The van der Waals surface area contributed by atoms with Gasteiger partial charge in [0.05, 0.1) is 0 Å². The largest absolute Gasteiger partial charge is 0.597 e. The molecule has 0 bridgehead atoms. The second-order valence-corrected chi connectivity index (χ2v) is 6.44. The van der Waals surface area contributed by atoms with Gasteiger partial charge in [-0.2, -0.15) is 0 Å². The fraction of sp³-hybridized carbons (Fsp3) is 0.917. The number of hydrogen-bond acceptors (Lipinski definition) is 6. The van der Waals surface area contributed by atoms with E-state index in [4.69, 9.17) is 19.0 Å². The molecule has 0 fully saturated rings. The van der Waals surface area contributed by atoms with Gasteiger partial charge in [-0.25, -0.2) is 0 Å². The lowest BCUT2D eigenvalue weighted by molar-refractivity contribution is -0.139. The molecule has 8 heteroatoms. The van der Waals surface area contributed by atoms with E-state index in [-0.39, 0.29) is 0 Å². The summed E-state index contributed by atoms with van der Waals surface area (Å²) in [5.74, 6) is -0.932. The maximum Gasteiger partial charge on any atom is 0.597 e. The summed E-state index contributed by atoms with van der Waals surface area (Å²) in [6, 6.07) is -0.752. The summed E-state index contributed by atoms with van der Waals surface area (Å²) in [4.78, 5) is 14.3. The van der Waals surface area contributed by atoms with E-state index >= 15 is 0 Å². The summed E-state index contributed by atoms with van der Waals surface area (Å²) in [5.41, 5.74) is 5.43. The molecule has 0 spiro atoms. The van der Waals surface area contributed by atoms with Gasteiger partial charge in [0, 0.05) is 19.8 Å². The molecule has 0 aliphatic carbocycles. The molecule has 1 unspecified atom stereocenters. The first-order valence-electron chi connectivity index (χ1n) is 7.17. The quantitative estimate of drug-likeness (QED) is 0.340. The molecule has 0 aromatic carbocycles. The number of aliphatic carboxylic acids is 1. The van der Waals surface area contributed by atoms with Crippen molar-refractivity contribution >= 4 is 14.9 Å². The van der Waals surface area contributed by atoms with Crippen LogP contribution in [0.2, 0.25) is 0 Å². The van der Waals surface area contributed by atoms with Crippen molar-refractivity contribution < 1.29 is 23.2 Å². The Labute approximate surface area is 122 Å². The van der Waals surface area contributed by atoms with E-state index in [2.05, 4.69) is 4.98 Å². The van der Waals surface area contributed by atoms with Crippen LogP contribution < -0.4 is 10.7 Å². The zero-order valence-corrected chi connectivity index (χ0v) is 13.7. The van der Waals surface area contributed by atoms with Gasteiger partial charge in [-0.05, 0) is 40.2 Å². The zero-order valence-electron chi connectivity index (χ0n) is 12.7. The van der Waals surface area contributed by atoms with Crippen LogP contribution in [-0.4, -0.2) is 52.4 Å². The summed E-state index contributed by atoms with van der Waals surface area (Å²) >= 11 is 0. The molecule has 0 aliphatic rings. The highest BCUT2D eigenvalue weighted by Crippen LogP contribution is 2.11. The molecule has 0 aliphatic heterocycles. The van der Waals surface area contributed by atoms with Gasteiger partial charge in [0.25, 0.3) is 0 Å². The van der Waals surface area contributed by atoms with Gasteiger partial charge in [0.15, 0.2) is 0 Å². The SMILES string of the molecule is CCO[Si](NC(CCCCN)C(=O)O)(OCC)OCC. The molecule has 0 rings (SSSR count). The predicted molar refractivity (Wildman–Crippen MR) is 78.1 cm³/mol. The third-order valence-corrected chi connectivity index (χ3v) is 5.31. The van der Waals surface area contributed by atoms with Crippen LogP contribution in [0.3, 0.4) is 0 Å². The van der Waals surface area contributed by atoms with Crippen LogP contribution in [0.1, 0.15) is 40.0 Å². The summed E-state index contributed by atoms with van der Waals surface area (Å²) in [6.07, 6.45) is 1.99. The number of carboxylic acids is 1. The average Bonchev–Trinajstić information content (AvgIpc) is 2.38. The zero-order chi connectivity index (χ0) is 15.4. The predicted octanol–water partition coefficient (Wildman–Crippen LogP) is 0.703. The van der Waals surface area contributed by atoms with E-state index in [9.17, 15) is 9.90 Å². The topological polar surface area (TPSA) is 103 Å². The van der Waals surface area contributed by atoms with E-state index in [0.29, 0.717) is 32.8 Å². The molecule has 1 atom stereocenters. The summed E-state index contributed by atoms with van der Waals surface area (Å²) in [5, 5.41) is 9.30. The number of nitrogens with one attached hydrogen (secondary N) is 1. The Morgan fingerprint density at radius 3 is 2.00 bits per heavy atom. The molecule has 0 saturated carbocycles. The van der Waals surface area contributed by atoms with Gasteiger partial charge >= 0.3 is 14.9 Å². The molecule has 0 saturated heterocycles. The van der Waals surface area contributed by atoms with Crippen molar-refractivity contribution in [2.24, 2.45) is 5.73 Å². The van der Waals surface area contributed by atoms with E-state index in [1.54, 1.807) is 0 Å². The van der Waals surface area contributed by atoms with Crippen molar-refractivity contribution in [3.63, 3.8) is 0 Å². The van der Waals surface area contributed by atoms with E-state index in [1.807, 2.05) is 20.8 Å². The third kappa shape index (κ3) is 7.32. The van der Waals surface area contributed by atoms with Crippen LogP contribution in [0.4, 0.5) is 0 Å². The van der Waals surface area contributed by atoms with Crippen LogP contribution in [0.5, 0.6) is 0 Å². The first kappa shape index (κ1) is 19.5. The van der Waals surface area contributed by atoms with Crippen molar-refractivity contribution in [1.29, 1.82) is 0 Å². The maximum atomic E-state index is 11.3. The molecule has 0 amide bonds. The normalized spacial score (nSPS) is 13.4. The Morgan fingerprint density at radius 2 is 1.65 bits per heavy atom. The smallest absolute Gasteiger partial charge is 0.480 e. The molecular formula is C12H28N2O5Si. The van der Waals surface area contributed by atoms with Gasteiger partial charge in [0.2, 0.25) is 0 Å². The third-order valence-electron chi connectivity index (χ3n) is 2.60. The molecule has 120 valence electrons. The number of carbonyl (C=O) groups is 1. The average molecular weight is 308 g/mol. The van der Waals surface area contributed by atoms with E-state index < -0.39 is 21.0 Å². The first-order valence-corrected chi connectivity index (χ1v) is 8.90. The minimum absolute atomic E-state index is 0.397. The lowest BCUT2D eigenvalue weighted by Crippen LogP contribution is -2.63. The molecule has 20 heavy (non-hydrogen) atoms. The summed E-state index contributed by atoms with van der Waals surface area (Å²) in [6.45, 7) is 7.22. The van der Waals surface area contributed by atoms with Gasteiger partial charge in [-0.1, -0.05) is 6.42 Å². The molecule has 0 aromatic heterocycles. The Kier molecular flexibility index (Phi) is 10.9. The number of unbranched alkanes of at least 4 members (excludes halogenated alkanes) is 1.